The molecule has 0 aromatic heterocycles. The average molecular weight is 753 g/mol. The summed E-state index contributed by atoms with van der Waals surface area (Å²) < 4.78 is 13.5. The summed E-state index contributed by atoms with van der Waals surface area (Å²) >= 11 is 0. The second-order valence-corrected chi connectivity index (χ2v) is 18.0. The van der Waals surface area contributed by atoms with E-state index in [0.717, 1.165) is 75.3 Å². The molecule has 56 heavy (non-hydrogen) atoms. The zero-order valence-corrected chi connectivity index (χ0v) is 33.9. The lowest BCUT2D eigenvalue weighted by molar-refractivity contribution is -0.0337. The van der Waals surface area contributed by atoms with E-state index in [1.807, 2.05) is 9.80 Å². The fourth-order valence-electron chi connectivity index (χ4n) is 11.0. The van der Waals surface area contributed by atoms with Crippen LogP contribution in [-0.4, -0.2) is 47.3 Å². The third-order valence-electron chi connectivity index (χ3n) is 14.2. The van der Waals surface area contributed by atoms with Crippen LogP contribution in [0.3, 0.4) is 0 Å². The summed E-state index contributed by atoms with van der Waals surface area (Å²) in [6, 6.07) is 37.5. The fourth-order valence-corrected chi connectivity index (χ4v) is 11.0. The first-order valence-electron chi connectivity index (χ1n) is 21.4. The van der Waals surface area contributed by atoms with Crippen LogP contribution in [0.25, 0.3) is 0 Å². The van der Waals surface area contributed by atoms with Gasteiger partial charge in [-0.1, -0.05) is 150 Å². The third kappa shape index (κ3) is 7.37. The molecule has 0 N–H and O–H groups in total. The lowest BCUT2D eigenvalue weighted by atomic mass is 9.66. The highest BCUT2D eigenvalue weighted by Crippen LogP contribution is 2.48. The summed E-state index contributed by atoms with van der Waals surface area (Å²) in [7, 11) is 0. The molecule has 2 saturated carbocycles. The van der Waals surface area contributed by atoms with Crippen LogP contribution >= 0.6 is 0 Å². The molecule has 2 heterocycles. The van der Waals surface area contributed by atoms with E-state index in [1.54, 1.807) is 0 Å². The number of carbonyl (C=O) groups is 2. The Kier molecular flexibility index (Phi) is 11.0. The second kappa shape index (κ2) is 16.1. The highest BCUT2D eigenvalue weighted by atomic mass is 16.6. The fraction of sp³-hybridized carbons (Fsp3) is 0.480. The SMILES string of the molecule is CC(C)(c1ccccc1)[C@H]1CCCC[C@@H]1OC(=O)N1CCc2ccccc2[C@@H]1[C@H]1c2ccccc2CCN1C(=O)O[C@H]1CCCC[C@@H]1C(C)(C)c1ccccc1. The Morgan fingerprint density at radius 2 is 0.857 bits per heavy atom. The van der Waals surface area contributed by atoms with Gasteiger partial charge in [-0.2, -0.15) is 0 Å². The quantitative estimate of drug-likeness (QED) is 0.189. The summed E-state index contributed by atoms with van der Waals surface area (Å²) in [4.78, 5) is 33.7. The Bertz CT molecular complexity index is 1830. The molecular formula is C50H60N2O4. The van der Waals surface area contributed by atoms with E-state index in [-0.39, 0.29) is 47.1 Å². The maximum absolute atomic E-state index is 14.9. The molecule has 2 aliphatic heterocycles. The third-order valence-corrected chi connectivity index (χ3v) is 14.2. The van der Waals surface area contributed by atoms with Crippen molar-refractivity contribution < 1.29 is 19.1 Å². The molecule has 2 fully saturated rings. The van der Waals surface area contributed by atoms with Crippen LogP contribution in [0.15, 0.2) is 109 Å². The molecule has 0 saturated heterocycles. The van der Waals surface area contributed by atoms with Gasteiger partial charge in [-0.25, -0.2) is 9.59 Å². The van der Waals surface area contributed by atoms with Gasteiger partial charge in [0.2, 0.25) is 0 Å². The van der Waals surface area contributed by atoms with E-state index in [9.17, 15) is 9.59 Å². The van der Waals surface area contributed by atoms with Crippen molar-refractivity contribution in [2.24, 2.45) is 11.8 Å². The number of nitrogens with zero attached hydrogens (tertiary/aromatic N) is 2. The maximum atomic E-state index is 14.9. The minimum absolute atomic E-state index is 0.157. The number of ether oxygens (including phenoxy) is 2. The number of rotatable bonds is 7. The first kappa shape index (κ1) is 38.3. The zero-order valence-electron chi connectivity index (χ0n) is 33.9. The highest BCUT2D eigenvalue weighted by Gasteiger charge is 2.48. The number of carbonyl (C=O) groups excluding carboxylic acids is 2. The second-order valence-electron chi connectivity index (χ2n) is 18.0. The highest BCUT2D eigenvalue weighted by molar-refractivity contribution is 5.72. The van der Waals surface area contributed by atoms with E-state index < -0.39 is 12.1 Å². The molecule has 0 spiro atoms. The summed E-state index contributed by atoms with van der Waals surface area (Å²) in [6.45, 7) is 10.3. The lowest BCUT2D eigenvalue weighted by Crippen LogP contribution is -2.53. The molecule has 2 aliphatic carbocycles. The molecule has 0 radical (unpaired) electrons. The van der Waals surface area contributed by atoms with E-state index in [0.29, 0.717) is 13.1 Å². The van der Waals surface area contributed by atoms with E-state index >= 15 is 0 Å². The van der Waals surface area contributed by atoms with Gasteiger partial charge >= 0.3 is 12.2 Å². The Hall–Kier alpha value is -4.58. The van der Waals surface area contributed by atoms with Gasteiger partial charge in [0.25, 0.3) is 0 Å². The number of hydrogen-bond acceptors (Lipinski definition) is 4. The lowest BCUT2D eigenvalue weighted by Gasteiger charge is -2.49. The van der Waals surface area contributed by atoms with Crippen LogP contribution in [0, 0.1) is 11.8 Å². The van der Waals surface area contributed by atoms with Gasteiger partial charge in [-0.15, -0.1) is 0 Å². The predicted octanol–water partition coefficient (Wildman–Crippen LogP) is 11.5. The maximum Gasteiger partial charge on any atom is 0.410 e. The van der Waals surface area contributed by atoms with Gasteiger partial charge in [-0.05, 0) is 95.6 Å². The minimum Gasteiger partial charge on any atom is -0.446 e. The predicted molar refractivity (Wildman–Crippen MR) is 223 cm³/mol. The largest absolute Gasteiger partial charge is 0.446 e. The molecule has 0 bridgehead atoms. The van der Waals surface area contributed by atoms with Gasteiger partial charge < -0.3 is 9.47 Å². The van der Waals surface area contributed by atoms with Crippen molar-refractivity contribution in [2.75, 3.05) is 13.1 Å². The van der Waals surface area contributed by atoms with E-state index in [1.165, 1.54) is 22.3 Å². The monoisotopic (exact) mass is 752 g/mol. The number of fused-ring (bicyclic) bond motifs is 2. The van der Waals surface area contributed by atoms with Gasteiger partial charge in [-0.3, -0.25) is 9.80 Å². The Balaban J connectivity index is 1.12. The first-order chi connectivity index (χ1) is 27.1. The summed E-state index contributed by atoms with van der Waals surface area (Å²) in [5.41, 5.74) is 6.84. The van der Waals surface area contributed by atoms with Crippen LogP contribution in [0.4, 0.5) is 9.59 Å². The molecule has 4 aromatic carbocycles. The summed E-state index contributed by atoms with van der Waals surface area (Å²) in [5.74, 6) is 0.396. The Labute approximate surface area is 334 Å². The normalized spacial score (nSPS) is 25.4. The van der Waals surface area contributed by atoms with Gasteiger partial charge in [0, 0.05) is 24.9 Å². The molecule has 2 amide bonds. The Morgan fingerprint density at radius 3 is 1.27 bits per heavy atom. The number of amides is 2. The van der Waals surface area contributed by atoms with Crippen LogP contribution in [-0.2, 0) is 33.1 Å². The standard InChI is InChI=1S/C50H60N2O4/c1-49(2,37-21-7-5-8-22-37)41-27-15-17-29-43(41)55-47(53)51-33-31-35-19-11-13-25-39(35)45(51)46-40-26-14-12-20-36(40)32-34-52(46)48(54)56-44-30-18-16-28-42(44)50(3,4)38-23-9-6-10-24-38/h5-14,19-26,41-46H,15-18,27-34H2,1-4H3/t41-,42-,43-,44-,45+,46+/m0/s1. The molecule has 6 nitrogen and oxygen atoms in total. The van der Waals surface area contributed by atoms with Crippen molar-refractivity contribution in [3.05, 3.63) is 143 Å². The van der Waals surface area contributed by atoms with E-state index in [2.05, 4.69) is 137 Å². The van der Waals surface area contributed by atoms with Gasteiger partial charge in [0.05, 0.1) is 12.1 Å². The smallest absolute Gasteiger partial charge is 0.410 e. The molecule has 4 aliphatic rings. The van der Waals surface area contributed by atoms with Crippen molar-refractivity contribution in [1.29, 1.82) is 0 Å². The molecule has 8 rings (SSSR count). The molecule has 294 valence electrons. The van der Waals surface area contributed by atoms with Crippen LogP contribution in [0.2, 0.25) is 0 Å². The molecule has 0 unspecified atom stereocenters. The van der Waals surface area contributed by atoms with Crippen molar-refractivity contribution in [3.8, 4) is 0 Å². The van der Waals surface area contributed by atoms with Crippen LogP contribution in [0.5, 0.6) is 0 Å². The minimum atomic E-state index is -0.423. The average Bonchev–Trinajstić information content (AvgIpc) is 3.23. The molecular weight excluding hydrogens is 693 g/mol. The first-order valence-corrected chi connectivity index (χ1v) is 21.4. The molecule has 6 atom stereocenters. The summed E-state index contributed by atoms with van der Waals surface area (Å²) in [6.07, 6.45) is 8.64. The van der Waals surface area contributed by atoms with Crippen molar-refractivity contribution in [2.45, 2.75) is 127 Å². The molecule has 6 heteroatoms. The topological polar surface area (TPSA) is 59.1 Å². The number of hydrogen-bond donors (Lipinski definition) is 0. The number of benzene rings is 4. The van der Waals surface area contributed by atoms with Crippen molar-refractivity contribution in [1.82, 2.24) is 9.80 Å². The van der Waals surface area contributed by atoms with Gasteiger partial charge in [0.1, 0.15) is 12.2 Å². The van der Waals surface area contributed by atoms with E-state index in [4.69, 9.17) is 9.47 Å². The van der Waals surface area contributed by atoms with Gasteiger partial charge in [0.15, 0.2) is 0 Å². The Morgan fingerprint density at radius 1 is 0.500 bits per heavy atom. The molecule has 4 aromatic rings. The summed E-state index contributed by atoms with van der Waals surface area (Å²) in [5, 5.41) is 0. The van der Waals surface area contributed by atoms with Crippen molar-refractivity contribution >= 4 is 12.2 Å². The van der Waals surface area contributed by atoms with Crippen molar-refractivity contribution in [3.63, 3.8) is 0 Å². The van der Waals surface area contributed by atoms with Crippen LogP contribution in [0.1, 0.15) is 125 Å². The van der Waals surface area contributed by atoms with Crippen LogP contribution < -0.4 is 0 Å². The zero-order chi connectivity index (χ0) is 38.9.